The van der Waals surface area contributed by atoms with Crippen molar-refractivity contribution in [2.45, 2.75) is 39.2 Å². The Kier molecular flexibility index (Phi) is 4.60. The van der Waals surface area contributed by atoms with E-state index in [4.69, 9.17) is 4.74 Å². The number of hydrogen-bond acceptors (Lipinski definition) is 3. The van der Waals surface area contributed by atoms with Crippen LogP contribution < -0.4 is 5.32 Å². The Morgan fingerprint density at radius 2 is 2.47 bits per heavy atom. The zero-order valence-corrected chi connectivity index (χ0v) is 11.7. The van der Waals surface area contributed by atoms with E-state index in [9.17, 15) is 0 Å². The molecule has 0 bridgehead atoms. The average Bonchev–Trinajstić information content (AvgIpc) is 2.92. The van der Waals surface area contributed by atoms with E-state index >= 15 is 0 Å². The zero-order valence-electron chi connectivity index (χ0n) is 10.9. The van der Waals surface area contributed by atoms with Crippen molar-refractivity contribution in [3.05, 3.63) is 22.4 Å². The van der Waals surface area contributed by atoms with Crippen molar-refractivity contribution in [1.29, 1.82) is 0 Å². The van der Waals surface area contributed by atoms with Crippen LogP contribution in [-0.4, -0.2) is 25.8 Å². The molecule has 2 heterocycles. The highest BCUT2D eigenvalue weighted by Crippen LogP contribution is 2.38. The highest BCUT2D eigenvalue weighted by molar-refractivity contribution is 7.09. The topological polar surface area (TPSA) is 21.3 Å². The Balaban J connectivity index is 2.02. The quantitative estimate of drug-likeness (QED) is 0.787. The van der Waals surface area contributed by atoms with Crippen LogP contribution in [0.25, 0.3) is 0 Å². The van der Waals surface area contributed by atoms with Crippen molar-refractivity contribution in [3.8, 4) is 0 Å². The van der Waals surface area contributed by atoms with Gasteiger partial charge >= 0.3 is 0 Å². The molecular weight excluding hydrogens is 230 g/mol. The van der Waals surface area contributed by atoms with Gasteiger partial charge in [0.2, 0.25) is 0 Å². The van der Waals surface area contributed by atoms with Crippen LogP contribution in [0.5, 0.6) is 0 Å². The smallest absolute Gasteiger partial charge is 0.0619 e. The van der Waals surface area contributed by atoms with Gasteiger partial charge in [-0.25, -0.2) is 0 Å². The minimum Gasteiger partial charge on any atom is -0.378 e. The molecule has 3 heteroatoms. The summed E-state index contributed by atoms with van der Waals surface area (Å²) in [5, 5.41) is 5.75. The van der Waals surface area contributed by atoms with Crippen LogP contribution in [0, 0.1) is 5.41 Å². The first-order chi connectivity index (χ1) is 8.27. The summed E-state index contributed by atoms with van der Waals surface area (Å²) < 4.78 is 5.81. The Morgan fingerprint density at radius 3 is 3.06 bits per heavy atom. The molecule has 2 nitrogen and oxygen atoms in total. The summed E-state index contributed by atoms with van der Waals surface area (Å²) in [5.74, 6) is 0. The van der Waals surface area contributed by atoms with E-state index in [0.29, 0.717) is 11.5 Å². The molecule has 0 spiro atoms. The summed E-state index contributed by atoms with van der Waals surface area (Å²) in [7, 11) is 0. The van der Waals surface area contributed by atoms with Gasteiger partial charge in [0.1, 0.15) is 0 Å². The zero-order chi connectivity index (χ0) is 12.1. The van der Waals surface area contributed by atoms with E-state index in [0.717, 1.165) is 26.1 Å². The van der Waals surface area contributed by atoms with Crippen LogP contribution in [0.2, 0.25) is 0 Å². The summed E-state index contributed by atoms with van der Waals surface area (Å²) in [4.78, 5) is 1.49. The largest absolute Gasteiger partial charge is 0.378 e. The Hall–Kier alpha value is -0.380. The van der Waals surface area contributed by atoms with Gasteiger partial charge < -0.3 is 10.1 Å². The molecule has 0 aromatic carbocycles. The second kappa shape index (κ2) is 5.98. The SMILES string of the molecule is CCCNCC1(Cc2cccs2)CCOC1C. The van der Waals surface area contributed by atoms with E-state index in [-0.39, 0.29) is 0 Å². The molecule has 1 aromatic rings. The van der Waals surface area contributed by atoms with Crippen LogP contribution in [0.15, 0.2) is 17.5 Å². The van der Waals surface area contributed by atoms with Crippen molar-refractivity contribution in [1.82, 2.24) is 5.32 Å². The van der Waals surface area contributed by atoms with Crippen LogP contribution >= 0.6 is 11.3 Å². The molecule has 96 valence electrons. The van der Waals surface area contributed by atoms with Gasteiger partial charge in [0.15, 0.2) is 0 Å². The van der Waals surface area contributed by atoms with Crippen molar-refractivity contribution in [2.24, 2.45) is 5.41 Å². The van der Waals surface area contributed by atoms with E-state index in [1.165, 1.54) is 17.7 Å². The maximum absolute atomic E-state index is 5.81. The second-order valence-corrected chi connectivity index (χ2v) is 6.09. The van der Waals surface area contributed by atoms with Gasteiger partial charge in [-0.2, -0.15) is 0 Å². The van der Waals surface area contributed by atoms with Crippen molar-refractivity contribution in [3.63, 3.8) is 0 Å². The maximum Gasteiger partial charge on any atom is 0.0619 e. The fraction of sp³-hybridized carbons (Fsp3) is 0.714. The first-order valence-electron chi connectivity index (χ1n) is 6.61. The highest BCUT2D eigenvalue weighted by atomic mass is 32.1. The lowest BCUT2D eigenvalue weighted by atomic mass is 9.78. The first-order valence-corrected chi connectivity index (χ1v) is 7.49. The van der Waals surface area contributed by atoms with Crippen LogP contribution in [0.4, 0.5) is 0 Å². The third-order valence-corrected chi connectivity index (χ3v) is 4.72. The molecule has 1 saturated heterocycles. The summed E-state index contributed by atoms with van der Waals surface area (Å²) in [6, 6.07) is 4.39. The number of hydrogen-bond donors (Lipinski definition) is 1. The van der Waals surface area contributed by atoms with Gasteiger partial charge in [-0.05, 0) is 44.2 Å². The fourth-order valence-electron chi connectivity index (χ4n) is 2.62. The van der Waals surface area contributed by atoms with E-state index in [1.54, 1.807) is 0 Å². The second-order valence-electron chi connectivity index (χ2n) is 5.06. The number of nitrogens with one attached hydrogen (secondary N) is 1. The van der Waals surface area contributed by atoms with Crippen LogP contribution in [-0.2, 0) is 11.2 Å². The molecule has 2 unspecified atom stereocenters. The van der Waals surface area contributed by atoms with Crippen molar-refractivity contribution < 1.29 is 4.74 Å². The molecule has 0 aliphatic carbocycles. The van der Waals surface area contributed by atoms with Gasteiger partial charge in [-0.1, -0.05) is 13.0 Å². The van der Waals surface area contributed by atoms with Crippen LogP contribution in [0.1, 0.15) is 31.6 Å². The van der Waals surface area contributed by atoms with Gasteiger partial charge in [0.05, 0.1) is 6.10 Å². The predicted octanol–water partition coefficient (Wildman–Crippen LogP) is 3.09. The summed E-state index contributed by atoms with van der Waals surface area (Å²) >= 11 is 1.87. The van der Waals surface area contributed by atoms with E-state index in [2.05, 4.69) is 36.7 Å². The van der Waals surface area contributed by atoms with Gasteiger partial charge in [-0.15, -0.1) is 11.3 Å². The van der Waals surface area contributed by atoms with Gasteiger partial charge in [0, 0.05) is 23.4 Å². The first kappa shape index (κ1) is 13.1. The summed E-state index contributed by atoms with van der Waals surface area (Å²) in [5.41, 5.74) is 0.306. The average molecular weight is 253 g/mol. The molecule has 1 aliphatic heterocycles. The summed E-state index contributed by atoms with van der Waals surface area (Å²) in [6.07, 6.45) is 3.91. The minimum atomic E-state index is 0.306. The Bertz CT molecular complexity index is 325. The minimum absolute atomic E-state index is 0.306. The lowest BCUT2D eigenvalue weighted by molar-refractivity contribution is 0.0635. The maximum atomic E-state index is 5.81. The van der Waals surface area contributed by atoms with E-state index < -0.39 is 0 Å². The molecule has 0 radical (unpaired) electrons. The van der Waals surface area contributed by atoms with Crippen molar-refractivity contribution >= 4 is 11.3 Å². The standard InChI is InChI=1S/C14H23NOS/c1-3-7-15-11-14(6-8-16-12(14)2)10-13-5-4-9-17-13/h4-5,9,12,15H,3,6-8,10-11H2,1-2H3. The third-order valence-electron chi connectivity index (χ3n) is 3.84. The lowest BCUT2D eigenvalue weighted by Gasteiger charge is -2.32. The number of ether oxygens (including phenoxy) is 1. The number of rotatable bonds is 6. The fourth-order valence-corrected chi connectivity index (χ4v) is 3.48. The monoisotopic (exact) mass is 253 g/mol. The molecule has 17 heavy (non-hydrogen) atoms. The van der Waals surface area contributed by atoms with Gasteiger partial charge in [-0.3, -0.25) is 0 Å². The molecule has 1 fully saturated rings. The molecule has 0 saturated carbocycles. The Labute approximate surface area is 108 Å². The van der Waals surface area contributed by atoms with Crippen molar-refractivity contribution in [2.75, 3.05) is 19.7 Å². The van der Waals surface area contributed by atoms with Crippen LogP contribution in [0.3, 0.4) is 0 Å². The third kappa shape index (κ3) is 3.09. The van der Waals surface area contributed by atoms with Gasteiger partial charge in [0.25, 0.3) is 0 Å². The predicted molar refractivity (Wildman–Crippen MR) is 73.6 cm³/mol. The highest BCUT2D eigenvalue weighted by Gasteiger charge is 2.41. The molecule has 0 amide bonds. The molecule has 1 aromatic heterocycles. The molecule has 1 aliphatic rings. The molecule has 2 rings (SSSR count). The molecule has 2 atom stereocenters. The summed E-state index contributed by atoms with van der Waals surface area (Å²) in [6.45, 7) is 7.56. The molecular formula is C14H23NOS. The lowest BCUT2D eigenvalue weighted by Crippen LogP contribution is -2.41. The molecule has 1 N–H and O–H groups in total. The Morgan fingerprint density at radius 1 is 1.59 bits per heavy atom. The van der Waals surface area contributed by atoms with E-state index in [1.807, 2.05) is 11.3 Å². The normalized spacial score (nSPS) is 28.7. The number of thiophene rings is 1.